The molecular weight excluding hydrogens is 274 g/mol. The van der Waals surface area contributed by atoms with Gasteiger partial charge in [0.25, 0.3) is 0 Å². The Morgan fingerprint density at radius 2 is 2.05 bits per heavy atom. The van der Waals surface area contributed by atoms with Crippen molar-refractivity contribution in [1.82, 2.24) is 14.4 Å². The lowest BCUT2D eigenvalue weighted by Crippen LogP contribution is -2.05. The van der Waals surface area contributed by atoms with Crippen LogP contribution in [0.5, 0.6) is 0 Å². The molecule has 0 saturated heterocycles. The first kappa shape index (κ1) is 12.7. The van der Waals surface area contributed by atoms with Crippen molar-refractivity contribution in [3.8, 4) is 0 Å². The average molecular weight is 288 g/mol. The Hall–Kier alpha value is -2.27. The first-order valence-electron chi connectivity index (χ1n) is 6.36. The van der Waals surface area contributed by atoms with Gasteiger partial charge in [-0.15, -0.1) is 0 Å². The molecule has 3 aromatic rings. The number of hydrogen-bond acceptors (Lipinski definition) is 4. The first-order chi connectivity index (χ1) is 9.76. The maximum Gasteiger partial charge on any atom is 0.180 e. The zero-order valence-corrected chi connectivity index (χ0v) is 11.7. The Bertz CT molecular complexity index is 720. The van der Waals surface area contributed by atoms with Gasteiger partial charge < -0.3 is 15.0 Å². The fourth-order valence-electron chi connectivity index (χ4n) is 1.95. The Morgan fingerprint density at radius 3 is 2.80 bits per heavy atom. The summed E-state index contributed by atoms with van der Waals surface area (Å²) in [5.74, 6) is 1.50. The van der Waals surface area contributed by atoms with Gasteiger partial charge in [-0.05, 0) is 31.2 Å². The molecule has 102 valence electrons. The molecule has 0 amide bonds. The molecule has 0 spiro atoms. The quantitative estimate of drug-likeness (QED) is 0.770. The molecule has 0 atom stereocenters. The van der Waals surface area contributed by atoms with Gasteiger partial charge >= 0.3 is 0 Å². The Labute approximate surface area is 121 Å². The number of anilines is 3. The van der Waals surface area contributed by atoms with Crippen LogP contribution < -0.4 is 10.6 Å². The van der Waals surface area contributed by atoms with Crippen LogP contribution >= 0.6 is 11.6 Å². The monoisotopic (exact) mass is 287 g/mol. The van der Waals surface area contributed by atoms with Crippen molar-refractivity contribution in [2.45, 2.75) is 6.92 Å². The summed E-state index contributed by atoms with van der Waals surface area (Å²) in [5, 5.41) is 7.17. The number of imidazole rings is 1. The Morgan fingerprint density at radius 1 is 1.25 bits per heavy atom. The molecule has 2 heterocycles. The third kappa shape index (κ3) is 2.53. The Kier molecular flexibility index (Phi) is 3.43. The van der Waals surface area contributed by atoms with Gasteiger partial charge in [0.2, 0.25) is 0 Å². The lowest BCUT2D eigenvalue weighted by Gasteiger charge is -2.10. The van der Waals surface area contributed by atoms with Crippen LogP contribution in [-0.2, 0) is 0 Å². The molecule has 0 bridgehead atoms. The molecule has 3 rings (SSSR count). The third-order valence-electron chi connectivity index (χ3n) is 2.84. The summed E-state index contributed by atoms with van der Waals surface area (Å²) in [6.07, 6.45) is 5.56. The van der Waals surface area contributed by atoms with E-state index in [0.717, 1.165) is 23.7 Å². The highest BCUT2D eigenvalue weighted by Gasteiger charge is 2.07. The van der Waals surface area contributed by atoms with Gasteiger partial charge in [0.15, 0.2) is 11.5 Å². The van der Waals surface area contributed by atoms with Crippen LogP contribution in [0.25, 0.3) is 5.65 Å². The Balaban J connectivity index is 2.00. The van der Waals surface area contributed by atoms with Gasteiger partial charge in [-0.25, -0.2) is 9.97 Å². The van der Waals surface area contributed by atoms with Crippen molar-refractivity contribution < 1.29 is 0 Å². The lowest BCUT2D eigenvalue weighted by molar-refractivity contribution is 1.09. The molecule has 0 aliphatic heterocycles. The van der Waals surface area contributed by atoms with Crippen LogP contribution in [0.1, 0.15) is 6.92 Å². The minimum atomic E-state index is 0.704. The summed E-state index contributed by atoms with van der Waals surface area (Å²) in [7, 11) is 0. The van der Waals surface area contributed by atoms with Gasteiger partial charge in [0.1, 0.15) is 5.82 Å². The molecule has 20 heavy (non-hydrogen) atoms. The first-order valence-corrected chi connectivity index (χ1v) is 6.74. The number of halogens is 1. The van der Waals surface area contributed by atoms with Gasteiger partial charge in [-0.1, -0.05) is 11.6 Å². The molecular formula is C14H14ClN5. The normalized spacial score (nSPS) is 10.7. The van der Waals surface area contributed by atoms with E-state index in [0.29, 0.717) is 10.8 Å². The zero-order valence-electron chi connectivity index (χ0n) is 11.0. The van der Waals surface area contributed by atoms with Gasteiger partial charge in [0.05, 0.1) is 6.20 Å². The fraction of sp³-hybridized carbons (Fsp3) is 0.143. The standard InChI is InChI=1S/C14H14ClN5/c1-2-16-12-9-20-8-7-17-14(20)13(19-12)18-11-5-3-10(15)4-6-11/h3-9,16H,2H2,1H3,(H,18,19). The predicted molar refractivity (Wildman–Crippen MR) is 81.9 cm³/mol. The van der Waals surface area contributed by atoms with E-state index in [1.54, 1.807) is 6.20 Å². The summed E-state index contributed by atoms with van der Waals surface area (Å²) >= 11 is 5.89. The summed E-state index contributed by atoms with van der Waals surface area (Å²) in [6, 6.07) is 7.48. The lowest BCUT2D eigenvalue weighted by atomic mass is 10.3. The number of nitrogens with one attached hydrogen (secondary N) is 2. The predicted octanol–water partition coefficient (Wildman–Crippen LogP) is 3.56. The van der Waals surface area contributed by atoms with E-state index in [9.17, 15) is 0 Å². The SMILES string of the molecule is CCNc1cn2ccnc2c(Nc2ccc(Cl)cc2)n1. The fourth-order valence-corrected chi connectivity index (χ4v) is 2.08. The number of nitrogens with zero attached hydrogens (tertiary/aromatic N) is 3. The number of benzene rings is 1. The van der Waals surface area contributed by atoms with Crippen molar-refractivity contribution in [3.63, 3.8) is 0 Å². The van der Waals surface area contributed by atoms with Crippen LogP contribution in [0.4, 0.5) is 17.3 Å². The number of hydrogen-bond donors (Lipinski definition) is 2. The number of fused-ring (bicyclic) bond motifs is 1. The molecule has 0 fully saturated rings. The van der Waals surface area contributed by atoms with E-state index < -0.39 is 0 Å². The summed E-state index contributed by atoms with van der Waals surface area (Å²) in [5.41, 5.74) is 1.70. The minimum absolute atomic E-state index is 0.704. The average Bonchev–Trinajstić information content (AvgIpc) is 2.90. The molecule has 0 aliphatic rings. The van der Waals surface area contributed by atoms with Crippen LogP contribution in [0, 0.1) is 0 Å². The van der Waals surface area contributed by atoms with E-state index in [-0.39, 0.29) is 0 Å². The molecule has 0 aliphatic carbocycles. The minimum Gasteiger partial charge on any atom is -0.369 e. The molecule has 6 heteroatoms. The van der Waals surface area contributed by atoms with E-state index in [2.05, 4.69) is 20.6 Å². The highest BCUT2D eigenvalue weighted by Crippen LogP contribution is 2.22. The molecule has 2 aromatic heterocycles. The summed E-state index contributed by atoms with van der Waals surface area (Å²) in [6.45, 7) is 2.85. The third-order valence-corrected chi connectivity index (χ3v) is 3.09. The molecule has 0 saturated carbocycles. The van der Waals surface area contributed by atoms with Gasteiger partial charge in [-0.2, -0.15) is 0 Å². The second kappa shape index (κ2) is 5.38. The van der Waals surface area contributed by atoms with Crippen molar-refractivity contribution >= 4 is 34.6 Å². The van der Waals surface area contributed by atoms with E-state index in [1.165, 1.54) is 0 Å². The second-order valence-corrected chi connectivity index (χ2v) is 4.73. The number of aromatic nitrogens is 3. The second-order valence-electron chi connectivity index (χ2n) is 4.30. The van der Waals surface area contributed by atoms with Crippen molar-refractivity contribution in [2.75, 3.05) is 17.2 Å². The maximum absolute atomic E-state index is 5.89. The molecule has 2 N–H and O–H groups in total. The van der Waals surface area contributed by atoms with E-state index in [1.807, 2.05) is 48.0 Å². The van der Waals surface area contributed by atoms with Crippen molar-refractivity contribution in [1.29, 1.82) is 0 Å². The topological polar surface area (TPSA) is 54.2 Å². The molecule has 1 aromatic carbocycles. The molecule has 5 nitrogen and oxygen atoms in total. The van der Waals surface area contributed by atoms with Crippen LogP contribution in [-0.4, -0.2) is 20.9 Å². The highest BCUT2D eigenvalue weighted by atomic mass is 35.5. The molecule has 0 radical (unpaired) electrons. The van der Waals surface area contributed by atoms with Gasteiger partial charge in [-0.3, -0.25) is 0 Å². The summed E-state index contributed by atoms with van der Waals surface area (Å²) in [4.78, 5) is 8.86. The molecule has 0 unspecified atom stereocenters. The van der Waals surface area contributed by atoms with E-state index >= 15 is 0 Å². The maximum atomic E-state index is 5.89. The van der Waals surface area contributed by atoms with Crippen molar-refractivity contribution in [2.24, 2.45) is 0 Å². The van der Waals surface area contributed by atoms with Crippen LogP contribution in [0.15, 0.2) is 42.9 Å². The van der Waals surface area contributed by atoms with Gasteiger partial charge in [0, 0.05) is 29.6 Å². The number of rotatable bonds is 4. The van der Waals surface area contributed by atoms with E-state index in [4.69, 9.17) is 11.6 Å². The zero-order chi connectivity index (χ0) is 13.9. The largest absolute Gasteiger partial charge is 0.369 e. The van der Waals surface area contributed by atoms with Crippen molar-refractivity contribution in [3.05, 3.63) is 47.9 Å². The highest BCUT2D eigenvalue weighted by molar-refractivity contribution is 6.30. The van der Waals surface area contributed by atoms with Crippen LogP contribution in [0.3, 0.4) is 0 Å². The van der Waals surface area contributed by atoms with Crippen LogP contribution in [0.2, 0.25) is 5.02 Å². The summed E-state index contributed by atoms with van der Waals surface area (Å²) < 4.78 is 1.93. The smallest absolute Gasteiger partial charge is 0.180 e.